The average molecular weight is 555 g/mol. The Balaban J connectivity index is 1.08. The number of thiophene rings is 1. The number of hydrogen-bond donors (Lipinski definition) is 0. The Morgan fingerprint density at radius 3 is 2.19 bits per heavy atom. The molecule has 0 radical (unpaired) electrons. The van der Waals surface area contributed by atoms with Crippen LogP contribution in [-0.4, -0.2) is 9.97 Å². The molecule has 9 rings (SSSR count). The lowest BCUT2D eigenvalue weighted by atomic mass is 9.98. The second-order valence-corrected chi connectivity index (χ2v) is 11.7. The van der Waals surface area contributed by atoms with Crippen LogP contribution in [0.2, 0.25) is 0 Å². The van der Waals surface area contributed by atoms with Crippen LogP contribution in [0.15, 0.2) is 138 Å². The number of nitrogens with zero attached hydrogens (tertiary/aromatic N) is 2. The number of fused-ring (bicyclic) bond motifs is 7. The first kappa shape index (κ1) is 23.4. The Kier molecular flexibility index (Phi) is 5.07. The number of aromatic nitrogens is 2. The third kappa shape index (κ3) is 3.66. The molecule has 0 aliphatic heterocycles. The van der Waals surface area contributed by atoms with Crippen molar-refractivity contribution in [3.63, 3.8) is 0 Å². The maximum Gasteiger partial charge on any atom is 0.246 e. The third-order valence-electron chi connectivity index (χ3n) is 8.14. The molecule has 0 saturated carbocycles. The molecule has 0 N–H and O–H groups in total. The predicted octanol–water partition coefficient (Wildman–Crippen LogP) is 10.9. The highest BCUT2D eigenvalue weighted by Crippen LogP contribution is 2.40. The molecular formula is C38H22N2OS. The van der Waals surface area contributed by atoms with Crippen molar-refractivity contribution >= 4 is 64.5 Å². The molecule has 6 aromatic carbocycles. The molecule has 0 saturated heterocycles. The average Bonchev–Trinajstić information content (AvgIpc) is 3.61. The molecule has 4 heteroatoms. The van der Waals surface area contributed by atoms with Crippen molar-refractivity contribution in [3.05, 3.63) is 134 Å². The van der Waals surface area contributed by atoms with E-state index in [2.05, 4.69) is 115 Å². The zero-order valence-corrected chi connectivity index (χ0v) is 23.2. The van der Waals surface area contributed by atoms with Crippen molar-refractivity contribution < 1.29 is 4.42 Å². The molecule has 0 unspecified atom stereocenters. The minimum atomic E-state index is 0.558. The smallest absolute Gasteiger partial charge is 0.246 e. The van der Waals surface area contributed by atoms with Crippen LogP contribution in [0, 0.1) is 0 Å². The van der Waals surface area contributed by atoms with Crippen LogP contribution in [-0.2, 0) is 0 Å². The molecular weight excluding hydrogens is 532 g/mol. The fraction of sp³-hybridized carbons (Fsp3) is 0. The van der Waals surface area contributed by atoms with Gasteiger partial charge in [0.2, 0.25) is 5.71 Å². The van der Waals surface area contributed by atoms with Gasteiger partial charge in [-0.3, -0.25) is 0 Å². The summed E-state index contributed by atoms with van der Waals surface area (Å²) in [4.78, 5) is 9.67. The van der Waals surface area contributed by atoms with Gasteiger partial charge >= 0.3 is 0 Å². The molecule has 9 aromatic rings. The van der Waals surface area contributed by atoms with E-state index < -0.39 is 0 Å². The SMILES string of the molecule is c1cc(-c2ccc(-c3cccc4c3sc3ccccc34)cc2)cc(-c2cnc3c(n2)oc2cc4ccccc4cc23)c1. The summed E-state index contributed by atoms with van der Waals surface area (Å²) in [7, 11) is 0. The summed E-state index contributed by atoms with van der Waals surface area (Å²) in [6.07, 6.45) is 1.85. The van der Waals surface area contributed by atoms with Gasteiger partial charge in [0.25, 0.3) is 0 Å². The Morgan fingerprint density at radius 2 is 1.29 bits per heavy atom. The van der Waals surface area contributed by atoms with E-state index in [0.29, 0.717) is 5.71 Å². The number of hydrogen-bond acceptors (Lipinski definition) is 4. The lowest BCUT2D eigenvalue weighted by molar-refractivity contribution is 0.654. The quantitative estimate of drug-likeness (QED) is 0.218. The number of furan rings is 1. The van der Waals surface area contributed by atoms with Crippen LogP contribution in [0.25, 0.3) is 86.7 Å². The van der Waals surface area contributed by atoms with E-state index >= 15 is 0 Å². The molecule has 0 bridgehead atoms. The van der Waals surface area contributed by atoms with E-state index in [-0.39, 0.29) is 0 Å². The third-order valence-corrected chi connectivity index (χ3v) is 9.36. The highest BCUT2D eigenvalue weighted by molar-refractivity contribution is 7.26. The van der Waals surface area contributed by atoms with Crippen LogP contribution in [0.4, 0.5) is 0 Å². The Bertz CT molecular complexity index is 2470. The van der Waals surface area contributed by atoms with E-state index in [0.717, 1.165) is 49.6 Å². The first-order valence-corrected chi connectivity index (χ1v) is 14.8. The molecule has 3 nitrogen and oxygen atoms in total. The van der Waals surface area contributed by atoms with Crippen molar-refractivity contribution in [1.82, 2.24) is 9.97 Å². The lowest BCUT2D eigenvalue weighted by Crippen LogP contribution is -1.87. The Hall–Kier alpha value is -5.32. The molecule has 0 aliphatic rings. The summed E-state index contributed by atoms with van der Waals surface area (Å²) < 4.78 is 8.83. The van der Waals surface area contributed by atoms with Gasteiger partial charge in [-0.2, -0.15) is 0 Å². The molecule has 196 valence electrons. The number of benzene rings is 6. The maximum absolute atomic E-state index is 6.17. The monoisotopic (exact) mass is 554 g/mol. The topological polar surface area (TPSA) is 38.9 Å². The minimum Gasteiger partial charge on any atom is -0.436 e. The second kappa shape index (κ2) is 9.10. The fourth-order valence-electron chi connectivity index (χ4n) is 6.03. The molecule has 0 atom stereocenters. The van der Waals surface area contributed by atoms with Crippen molar-refractivity contribution in [2.45, 2.75) is 0 Å². The highest BCUT2D eigenvalue weighted by atomic mass is 32.1. The van der Waals surface area contributed by atoms with Gasteiger partial charge in [-0.15, -0.1) is 11.3 Å². The van der Waals surface area contributed by atoms with Crippen LogP contribution in [0.3, 0.4) is 0 Å². The minimum absolute atomic E-state index is 0.558. The van der Waals surface area contributed by atoms with Gasteiger partial charge in [-0.1, -0.05) is 103 Å². The van der Waals surface area contributed by atoms with Crippen molar-refractivity contribution in [3.8, 4) is 33.5 Å². The molecule has 0 spiro atoms. The largest absolute Gasteiger partial charge is 0.436 e. The van der Waals surface area contributed by atoms with E-state index in [1.54, 1.807) is 0 Å². The standard InChI is InChI=1S/C38H22N2OS/c1-2-8-27-21-34-32(20-26(27)7-1)36-38(41-34)40-33(22-39-36)28-10-5-9-25(19-28)23-15-17-24(18-16-23)29-12-6-13-31-30-11-3-4-14-35(30)42-37(29)31/h1-22H. The highest BCUT2D eigenvalue weighted by Gasteiger charge is 2.14. The van der Waals surface area contributed by atoms with Gasteiger partial charge < -0.3 is 4.42 Å². The van der Waals surface area contributed by atoms with E-state index in [1.807, 2.05) is 29.7 Å². The first-order chi connectivity index (χ1) is 20.8. The van der Waals surface area contributed by atoms with Crippen LogP contribution >= 0.6 is 11.3 Å². The van der Waals surface area contributed by atoms with Gasteiger partial charge in [0.1, 0.15) is 11.1 Å². The summed E-state index contributed by atoms with van der Waals surface area (Å²) >= 11 is 1.86. The molecule has 3 aromatic heterocycles. The first-order valence-electron chi connectivity index (χ1n) is 14.0. The second-order valence-electron chi connectivity index (χ2n) is 10.6. The molecule has 0 amide bonds. The van der Waals surface area contributed by atoms with E-state index in [4.69, 9.17) is 14.4 Å². The van der Waals surface area contributed by atoms with Gasteiger partial charge in [0, 0.05) is 31.1 Å². The van der Waals surface area contributed by atoms with Crippen molar-refractivity contribution in [2.24, 2.45) is 0 Å². The van der Waals surface area contributed by atoms with Crippen LogP contribution < -0.4 is 0 Å². The molecule has 42 heavy (non-hydrogen) atoms. The molecule has 0 aliphatic carbocycles. The zero-order chi connectivity index (χ0) is 27.6. The number of rotatable bonds is 3. The zero-order valence-electron chi connectivity index (χ0n) is 22.4. The van der Waals surface area contributed by atoms with Gasteiger partial charge in [-0.05, 0) is 57.3 Å². The lowest BCUT2D eigenvalue weighted by Gasteiger charge is -2.08. The Morgan fingerprint density at radius 1 is 0.548 bits per heavy atom. The molecule has 3 heterocycles. The van der Waals surface area contributed by atoms with Crippen molar-refractivity contribution in [2.75, 3.05) is 0 Å². The predicted molar refractivity (Wildman–Crippen MR) is 176 cm³/mol. The van der Waals surface area contributed by atoms with Gasteiger partial charge in [0.05, 0.1) is 11.9 Å². The summed E-state index contributed by atoms with van der Waals surface area (Å²) in [5, 5.41) is 5.94. The van der Waals surface area contributed by atoms with Crippen LogP contribution in [0.5, 0.6) is 0 Å². The van der Waals surface area contributed by atoms with Gasteiger partial charge in [-0.25, -0.2) is 9.97 Å². The van der Waals surface area contributed by atoms with Crippen LogP contribution in [0.1, 0.15) is 0 Å². The normalized spacial score (nSPS) is 11.8. The Labute approximate surface area is 245 Å². The summed E-state index contributed by atoms with van der Waals surface area (Å²) in [6, 6.07) is 45.1. The maximum atomic E-state index is 6.17. The van der Waals surface area contributed by atoms with E-state index in [1.165, 1.54) is 31.3 Å². The summed E-state index contributed by atoms with van der Waals surface area (Å²) in [5.74, 6) is 0. The van der Waals surface area contributed by atoms with E-state index in [9.17, 15) is 0 Å². The fourth-order valence-corrected chi connectivity index (χ4v) is 7.27. The summed E-state index contributed by atoms with van der Waals surface area (Å²) in [5.41, 5.74) is 8.75. The molecule has 0 fully saturated rings. The summed E-state index contributed by atoms with van der Waals surface area (Å²) in [6.45, 7) is 0. The van der Waals surface area contributed by atoms with Crippen molar-refractivity contribution in [1.29, 1.82) is 0 Å². The van der Waals surface area contributed by atoms with Gasteiger partial charge in [0.15, 0.2) is 0 Å².